The highest BCUT2D eigenvalue weighted by Crippen LogP contribution is 2.26. The van der Waals surface area contributed by atoms with Crippen LogP contribution in [0.5, 0.6) is 0 Å². The first kappa shape index (κ1) is 11.9. The predicted molar refractivity (Wildman–Crippen MR) is 71.5 cm³/mol. The second kappa shape index (κ2) is 5.68. The molecule has 0 aliphatic carbocycles. The summed E-state index contributed by atoms with van der Waals surface area (Å²) in [5.74, 6) is 0.824. The molecule has 3 nitrogen and oxygen atoms in total. The van der Waals surface area contributed by atoms with Crippen molar-refractivity contribution >= 4 is 17.6 Å². The van der Waals surface area contributed by atoms with E-state index in [0.717, 1.165) is 17.4 Å². The molecule has 17 heavy (non-hydrogen) atoms. The monoisotopic (exact) mass is 245 g/mol. The van der Waals surface area contributed by atoms with Crippen molar-refractivity contribution in [2.45, 2.75) is 23.8 Å². The predicted octanol–water partition coefficient (Wildman–Crippen LogP) is 3.37. The summed E-state index contributed by atoms with van der Waals surface area (Å²) < 4.78 is 0. The average molecular weight is 245 g/mol. The average Bonchev–Trinajstić information content (AvgIpc) is 2.30. The fourth-order valence-electron chi connectivity index (χ4n) is 1.46. The summed E-state index contributed by atoms with van der Waals surface area (Å²) in [5, 5.41) is 4.07. The van der Waals surface area contributed by atoms with Crippen molar-refractivity contribution in [3.05, 3.63) is 42.2 Å². The Morgan fingerprint density at radius 2 is 2.18 bits per heavy atom. The maximum absolute atomic E-state index is 4.48. The summed E-state index contributed by atoms with van der Waals surface area (Å²) in [5.41, 5.74) is 1.26. The Morgan fingerprint density at radius 3 is 2.94 bits per heavy atom. The van der Waals surface area contributed by atoms with Crippen molar-refractivity contribution in [3.8, 4) is 0 Å². The zero-order chi connectivity index (χ0) is 12.1. The molecule has 1 heterocycles. The number of benzene rings is 1. The van der Waals surface area contributed by atoms with Crippen LogP contribution in [0.25, 0.3) is 0 Å². The van der Waals surface area contributed by atoms with Crippen LogP contribution in [0.15, 0.2) is 46.6 Å². The summed E-state index contributed by atoms with van der Waals surface area (Å²) in [7, 11) is 0. The van der Waals surface area contributed by atoms with Gasteiger partial charge in [-0.2, -0.15) is 0 Å². The topological polar surface area (TPSA) is 37.8 Å². The molecule has 0 spiro atoms. The van der Waals surface area contributed by atoms with Gasteiger partial charge in [-0.05, 0) is 26.0 Å². The van der Waals surface area contributed by atoms with Gasteiger partial charge in [0.2, 0.25) is 0 Å². The highest BCUT2D eigenvalue weighted by atomic mass is 32.2. The maximum Gasteiger partial charge on any atom is 0.145 e. The fourth-order valence-corrected chi connectivity index (χ4v) is 2.35. The van der Waals surface area contributed by atoms with E-state index < -0.39 is 0 Å². The highest BCUT2D eigenvalue weighted by Gasteiger charge is 2.01. The van der Waals surface area contributed by atoms with Crippen LogP contribution in [-0.4, -0.2) is 16.5 Å². The number of nitrogens with zero attached hydrogens (tertiary/aromatic N) is 2. The van der Waals surface area contributed by atoms with Crippen LogP contribution in [0.3, 0.4) is 0 Å². The van der Waals surface area contributed by atoms with Crippen LogP contribution in [0.1, 0.15) is 12.5 Å². The second-order valence-electron chi connectivity index (χ2n) is 3.69. The number of hydrogen-bond acceptors (Lipinski definition) is 4. The summed E-state index contributed by atoms with van der Waals surface area (Å²) in [4.78, 5) is 9.84. The molecule has 1 aromatic carbocycles. The minimum absolute atomic E-state index is 0.824. The Morgan fingerprint density at radius 1 is 1.29 bits per heavy atom. The Balaban J connectivity index is 2.15. The van der Waals surface area contributed by atoms with Crippen molar-refractivity contribution in [2.75, 3.05) is 11.9 Å². The summed E-state index contributed by atoms with van der Waals surface area (Å²) in [6.07, 6.45) is 3.53. The van der Waals surface area contributed by atoms with Crippen LogP contribution in [0, 0.1) is 6.92 Å². The van der Waals surface area contributed by atoms with E-state index in [1.54, 1.807) is 24.2 Å². The molecule has 1 N–H and O–H groups in total. The molecule has 1 aromatic heterocycles. The smallest absolute Gasteiger partial charge is 0.145 e. The molecule has 0 saturated heterocycles. The van der Waals surface area contributed by atoms with Gasteiger partial charge in [0, 0.05) is 11.4 Å². The lowest BCUT2D eigenvalue weighted by Gasteiger charge is -2.04. The van der Waals surface area contributed by atoms with Crippen LogP contribution < -0.4 is 5.32 Å². The first-order valence-corrected chi connectivity index (χ1v) is 6.40. The number of hydrogen-bond donors (Lipinski definition) is 1. The number of anilines is 1. The lowest BCUT2D eigenvalue weighted by Crippen LogP contribution is -2.00. The zero-order valence-corrected chi connectivity index (χ0v) is 10.8. The minimum Gasteiger partial charge on any atom is -0.369 e. The third-order valence-electron chi connectivity index (χ3n) is 2.18. The third-order valence-corrected chi connectivity index (χ3v) is 3.08. The van der Waals surface area contributed by atoms with E-state index in [1.165, 1.54) is 10.5 Å². The molecule has 0 radical (unpaired) electrons. The van der Waals surface area contributed by atoms with Crippen LogP contribution in [0.4, 0.5) is 5.82 Å². The molecular formula is C13H15N3S. The van der Waals surface area contributed by atoms with Crippen molar-refractivity contribution in [3.63, 3.8) is 0 Å². The number of aryl methyl sites for hydroxylation is 1. The van der Waals surface area contributed by atoms with Crippen molar-refractivity contribution < 1.29 is 0 Å². The van der Waals surface area contributed by atoms with Crippen molar-refractivity contribution in [2.24, 2.45) is 0 Å². The van der Waals surface area contributed by atoms with E-state index in [-0.39, 0.29) is 0 Å². The lowest BCUT2D eigenvalue weighted by molar-refractivity contribution is 1.03. The second-order valence-corrected chi connectivity index (χ2v) is 4.79. The van der Waals surface area contributed by atoms with Crippen molar-refractivity contribution in [1.29, 1.82) is 0 Å². The Kier molecular flexibility index (Phi) is 3.98. The van der Waals surface area contributed by atoms with Gasteiger partial charge in [-0.25, -0.2) is 4.98 Å². The maximum atomic E-state index is 4.48. The quantitative estimate of drug-likeness (QED) is 0.896. The molecule has 0 saturated carbocycles. The van der Waals surface area contributed by atoms with Gasteiger partial charge in [0.25, 0.3) is 0 Å². The largest absolute Gasteiger partial charge is 0.369 e. The van der Waals surface area contributed by atoms with E-state index in [9.17, 15) is 0 Å². The van der Waals surface area contributed by atoms with Gasteiger partial charge in [-0.15, -0.1) is 0 Å². The molecule has 0 unspecified atom stereocenters. The first-order chi connectivity index (χ1) is 8.28. The van der Waals surface area contributed by atoms with Gasteiger partial charge < -0.3 is 5.32 Å². The van der Waals surface area contributed by atoms with Gasteiger partial charge in [-0.1, -0.05) is 29.5 Å². The first-order valence-electron chi connectivity index (χ1n) is 5.58. The highest BCUT2D eigenvalue weighted by molar-refractivity contribution is 7.99. The molecule has 0 fully saturated rings. The third kappa shape index (κ3) is 3.46. The number of rotatable bonds is 4. The molecule has 0 amide bonds. The molecule has 4 heteroatoms. The van der Waals surface area contributed by atoms with Gasteiger partial charge in [0.15, 0.2) is 0 Å². The lowest BCUT2D eigenvalue weighted by atomic mass is 10.2. The van der Waals surface area contributed by atoms with E-state index in [2.05, 4.69) is 46.5 Å². The van der Waals surface area contributed by atoms with Crippen LogP contribution >= 0.6 is 11.8 Å². The van der Waals surface area contributed by atoms with Gasteiger partial charge in [-0.3, -0.25) is 4.98 Å². The van der Waals surface area contributed by atoms with Crippen molar-refractivity contribution in [1.82, 2.24) is 9.97 Å². The Hall–Kier alpha value is -1.55. The zero-order valence-electron chi connectivity index (χ0n) is 9.97. The molecule has 2 aromatic rings. The molecule has 0 aliphatic rings. The SMILES string of the molecule is CCNc1cncc(Sc2cccc(C)c2)n1. The van der Waals surface area contributed by atoms with Gasteiger partial charge in [0.1, 0.15) is 10.8 Å². The molecule has 0 aliphatic heterocycles. The van der Waals surface area contributed by atoms with Gasteiger partial charge >= 0.3 is 0 Å². The molecular weight excluding hydrogens is 230 g/mol. The van der Waals surface area contributed by atoms with Crippen LogP contribution in [0.2, 0.25) is 0 Å². The van der Waals surface area contributed by atoms with Crippen LogP contribution in [-0.2, 0) is 0 Å². The minimum atomic E-state index is 0.824. The molecule has 88 valence electrons. The molecule has 0 atom stereocenters. The normalized spacial score (nSPS) is 10.2. The summed E-state index contributed by atoms with van der Waals surface area (Å²) >= 11 is 1.63. The summed E-state index contributed by atoms with van der Waals surface area (Å²) in [6, 6.07) is 8.37. The summed E-state index contributed by atoms with van der Waals surface area (Å²) in [6.45, 7) is 4.99. The number of nitrogens with one attached hydrogen (secondary N) is 1. The number of aromatic nitrogens is 2. The molecule has 2 rings (SSSR count). The van der Waals surface area contributed by atoms with E-state index in [4.69, 9.17) is 0 Å². The fraction of sp³-hybridized carbons (Fsp3) is 0.231. The van der Waals surface area contributed by atoms with Gasteiger partial charge in [0.05, 0.1) is 12.4 Å². The van der Waals surface area contributed by atoms with E-state index >= 15 is 0 Å². The Bertz CT molecular complexity index is 500. The van der Waals surface area contributed by atoms with E-state index in [1.807, 2.05) is 6.92 Å². The Labute approximate surface area is 106 Å². The standard InChI is InChI=1S/C13H15N3S/c1-3-15-12-8-14-9-13(16-12)17-11-6-4-5-10(2)7-11/h4-9H,3H2,1-2H3,(H,15,16). The van der Waals surface area contributed by atoms with E-state index in [0.29, 0.717) is 0 Å². The molecule has 0 bridgehead atoms.